The van der Waals surface area contributed by atoms with Gasteiger partial charge in [0, 0.05) is 36.3 Å². The highest BCUT2D eigenvalue weighted by atomic mass is 35.5. The number of carbonyl (C=O) groups excluding carboxylic acids is 2. The van der Waals surface area contributed by atoms with Crippen molar-refractivity contribution in [2.75, 3.05) is 18.2 Å². The van der Waals surface area contributed by atoms with E-state index in [9.17, 15) is 19.1 Å². The molecule has 0 saturated carbocycles. The van der Waals surface area contributed by atoms with Crippen LogP contribution in [-0.2, 0) is 16.1 Å². The van der Waals surface area contributed by atoms with Crippen LogP contribution in [0, 0.1) is 5.82 Å². The number of amides is 2. The van der Waals surface area contributed by atoms with Crippen molar-refractivity contribution in [2.24, 2.45) is 0 Å². The molecule has 0 aromatic heterocycles. The molecule has 4 rings (SSSR count). The first-order valence-electron chi connectivity index (χ1n) is 8.70. The molecule has 1 atom stereocenters. The SMILES string of the molecule is O=C(NCc1cc(F)cc(Cl)c1)O[C@@]1(O)CCN(c2ccc3c(c2)OCO3)C1=O. The number of alkyl carbamates (subject to hydrolysis) is 1. The summed E-state index contributed by atoms with van der Waals surface area (Å²) in [5.74, 6) is -2.59. The maximum atomic E-state index is 13.3. The van der Waals surface area contributed by atoms with Gasteiger partial charge in [-0.15, -0.1) is 0 Å². The summed E-state index contributed by atoms with van der Waals surface area (Å²) in [6.07, 6.45) is -1.13. The van der Waals surface area contributed by atoms with Crippen LogP contribution in [0.5, 0.6) is 11.5 Å². The van der Waals surface area contributed by atoms with Gasteiger partial charge >= 0.3 is 6.09 Å². The second-order valence-corrected chi connectivity index (χ2v) is 6.99. The second-order valence-electron chi connectivity index (χ2n) is 6.55. The van der Waals surface area contributed by atoms with Crippen LogP contribution in [0.15, 0.2) is 36.4 Å². The van der Waals surface area contributed by atoms with E-state index in [0.717, 1.165) is 6.07 Å². The molecule has 0 bridgehead atoms. The van der Waals surface area contributed by atoms with E-state index in [1.54, 1.807) is 18.2 Å². The van der Waals surface area contributed by atoms with E-state index < -0.39 is 23.6 Å². The zero-order valence-electron chi connectivity index (χ0n) is 15.0. The van der Waals surface area contributed by atoms with Crippen LogP contribution >= 0.6 is 11.6 Å². The van der Waals surface area contributed by atoms with Gasteiger partial charge in [0.2, 0.25) is 6.79 Å². The summed E-state index contributed by atoms with van der Waals surface area (Å²) in [6, 6.07) is 8.71. The van der Waals surface area contributed by atoms with Crippen molar-refractivity contribution in [3.63, 3.8) is 0 Å². The predicted octanol–water partition coefficient (Wildman–Crippen LogP) is 2.56. The molecule has 2 aromatic carbocycles. The van der Waals surface area contributed by atoms with Crippen molar-refractivity contribution in [1.29, 1.82) is 0 Å². The Balaban J connectivity index is 1.39. The Morgan fingerprint density at radius 3 is 2.86 bits per heavy atom. The van der Waals surface area contributed by atoms with E-state index in [0.29, 0.717) is 22.7 Å². The number of ether oxygens (including phenoxy) is 3. The lowest BCUT2D eigenvalue weighted by Crippen LogP contribution is -2.46. The first-order chi connectivity index (χ1) is 13.8. The molecule has 8 nitrogen and oxygen atoms in total. The van der Waals surface area contributed by atoms with Gasteiger partial charge in [-0.05, 0) is 35.9 Å². The van der Waals surface area contributed by atoms with Gasteiger partial charge in [-0.2, -0.15) is 0 Å². The van der Waals surface area contributed by atoms with E-state index in [-0.39, 0.29) is 31.3 Å². The van der Waals surface area contributed by atoms with Gasteiger partial charge in [-0.1, -0.05) is 11.6 Å². The fraction of sp³-hybridized carbons (Fsp3) is 0.263. The Hall–Kier alpha value is -3.04. The minimum absolute atomic E-state index is 0.0908. The standard InChI is InChI=1S/C19H16ClFN2O6/c20-12-5-11(6-13(21)7-12)9-22-18(25)29-19(26)3-4-23(17(19)24)14-1-2-15-16(8-14)28-10-27-15/h1-2,5-8,26H,3-4,9-10H2,(H,22,25)/t19-/m0/s1. The number of carbonyl (C=O) groups is 2. The normalized spacial score (nSPS) is 20.1. The van der Waals surface area contributed by atoms with Gasteiger partial charge in [0.1, 0.15) is 5.82 Å². The summed E-state index contributed by atoms with van der Waals surface area (Å²) in [6.45, 7) is 0.144. The topological polar surface area (TPSA) is 97.3 Å². The van der Waals surface area contributed by atoms with E-state index in [2.05, 4.69) is 5.32 Å². The van der Waals surface area contributed by atoms with Crippen LogP contribution in [0.25, 0.3) is 0 Å². The number of nitrogens with zero attached hydrogens (tertiary/aromatic N) is 1. The average Bonchev–Trinajstić information content (AvgIpc) is 3.24. The van der Waals surface area contributed by atoms with Crippen LogP contribution in [-0.4, -0.2) is 36.2 Å². The zero-order chi connectivity index (χ0) is 20.6. The van der Waals surface area contributed by atoms with Crippen LogP contribution in [0.2, 0.25) is 5.02 Å². The number of nitrogens with one attached hydrogen (secondary N) is 1. The number of fused-ring (bicyclic) bond motifs is 1. The summed E-state index contributed by atoms with van der Waals surface area (Å²) in [4.78, 5) is 26.0. The van der Waals surface area contributed by atoms with Crippen molar-refractivity contribution in [1.82, 2.24) is 5.32 Å². The number of anilines is 1. The Morgan fingerprint density at radius 1 is 1.28 bits per heavy atom. The van der Waals surface area contributed by atoms with E-state index >= 15 is 0 Å². The summed E-state index contributed by atoms with van der Waals surface area (Å²) in [7, 11) is 0. The minimum atomic E-state index is -2.31. The summed E-state index contributed by atoms with van der Waals surface area (Å²) in [5.41, 5.74) is 0.882. The van der Waals surface area contributed by atoms with Crippen LogP contribution in [0.4, 0.5) is 14.9 Å². The molecule has 0 aliphatic carbocycles. The highest BCUT2D eigenvalue weighted by Crippen LogP contribution is 2.38. The molecule has 0 radical (unpaired) electrons. The molecule has 2 aliphatic heterocycles. The molecule has 152 valence electrons. The maximum absolute atomic E-state index is 13.3. The molecule has 2 heterocycles. The zero-order valence-corrected chi connectivity index (χ0v) is 15.7. The number of benzene rings is 2. The molecule has 2 N–H and O–H groups in total. The van der Waals surface area contributed by atoms with Crippen molar-refractivity contribution in [2.45, 2.75) is 18.8 Å². The number of hydrogen-bond donors (Lipinski definition) is 2. The van der Waals surface area contributed by atoms with Gasteiger partial charge in [-0.25, -0.2) is 9.18 Å². The molecule has 1 saturated heterocycles. The van der Waals surface area contributed by atoms with Gasteiger partial charge < -0.3 is 29.5 Å². The number of halogens is 2. The van der Waals surface area contributed by atoms with Crippen LogP contribution in [0.1, 0.15) is 12.0 Å². The molecule has 1 fully saturated rings. The molecule has 29 heavy (non-hydrogen) atoms. The molecule has 10 heteroatoms. The summed E-state index contributed by atoms with van der Waals surface area (Å²) >= 11 is 5.76. The Morgan fingerprint density at radius 2 is 2.07 bits per heavy atom. The van der Waals surface area contributed by atoms with Crippen LogP contribution < -0.4 is 19.7 Å². The molecule has 0 unspecified atom stereocenters. The number of rotatable bonds is 4. The van der Waals surface area contributed by atoms with Crippen molar-refractivity contribution < 1.29 is 33.3 Å². The quantitative estimate of drug-likeness (QED) is 0.735. The van der Waals surface area contributed by atoms with E-state index in [1.807, 2.05) is 0 Å². The molecule has 2 amide bonds. The first-order valence-corrected chi connectivity index (χ1v) is 9.08. The Labute approximate surface area is 169 Å². The van der Waals surface area contributed by atoms with Crippen molar-refractivity contribution in [3.8, 4) is 11.5 Å². The minimum Gasteiger partial charge on any atom is -0.454 e. The molecular formula is C19H16ClFN2O6. The third kappa shape index (κ3) is 3.92. The lowest BCUT2D eigenvalue weighted by Gasteiger charge is -2.22. The Bertz CT molecular complexity index is 967. The summed E-state index contributed by atoms with van der Waals surface area (Å²) in [5, 5.41) is 13.1. The molecular weight excluding hydrogens is 407 g/mol. The third-order valence-corrected chi connectivity index (χ3v) is 4.76. The lowest BCUT2D eigenvalue weighted by molar-refractivity contribution is -0.175. The first kappa shape index (κ1) is 19.3. The molecule has 2 aliphatic rings. The number of aliphatic hydroxyl groups is 1. The lowest BCUT2D eigenvalue weighted by atomic mass is 10.2. The molecule has 0 spiro atoms. The van der Waals surface area contributed by atoms with E-state index in [1.165, 1.54) is 17.0 Å². The van der Waals surface area contributed by atoms with E-state index in [4.69, 9.17) is 25.8 Å². The van der Waals surface area contributed by atoms with Gasteiger partial charge in [0.05, 0.1) is 0 Å². The monoisotopic (exact) mass is 422 g/mol. The fourth-order valence-corrected chi connectivity index (χ4v) is 3.40. The van der Waals surface area contributed by atoms with Crippen molar-refractivity contribution in [3.05, 3.63) is 52.8 Å². The van der Waals surface area contributed by atoms with Gasteiger partial charge in [0.25, 0.3) is 11.7 Å². The second kappa shape index (κ2) is 7.41. The Kier molecular flexibility index (Phi) is 4.93. The van der Waals surface area contributed by atoms with Gasteiger partial charge in [0.15, 0.2) is 11.5 Å². The fourth-order valence-electron chi connectivity index (χ4n) is 3.15. The van der Waals surface area contributed by atoms with Gasteiger partial charge in [-0.3, -0.25) is 4.79 Å². The highest BCUT2D eigenvalue weighted by molar-refractivity contribution is 6.30. The summed E-state index contributed by atoms with van der Waals surface area (Å²) < 4.78 is 28.8. The smallest absolute Gasteiger partial charge is 0.410 e. The van der Waals surface area contributed by atoms with Crippen LogP contribution in [0.3, 0.4) is 0 Å². The number of hydrogen-bond acceptors (Lipinski definition) is 6. The van der Waals surface area contributed by atoms with Crippen molar-refractivity contribution >= 4 is 29.3 Å². The highest BCUT2D eigenvalue weighted by Gasteiger charge is 2.49. The largest absolute Gasteiger partial charge is 0.454 e. The molecule has 2 aromatic rings. The predicted molar refractivity (Wildman–Crippen MR) is 99.2 cm³/mol. The third-order valence-electron chi connectivity index (χ3n) is 4.54. The maximum Gasteiger partial charge on any atom is 0.410 e. The average molecular weight is 423 g/mol.